The molecular weight excluding hydrogens is 624 g/mol. The number of nitrogens with one attached hydrogen (secondary N) is 1. The average Bonchev–Trinajstić information content (AvgIpc) is 3.53. The zero-order valence-electron chi connectivity index (χ0n) is 26.4. The Labute approximate surface area is 275 Å². The second-order valence-electron chi connectivity index (χ2n) is 12.2. The molecule has 5 heterocycles. The summed E-state index contributed by atoms with van der Waals surface area (Å²) in [6.45, 7) is 3.66. The summed E-state index contributed by atoms with van der Waals surface area (Å²) < 4.78 is 46.6. The predicted octanol–water partition coefficient (Wildman–Crippen LogP) is 3.30. The lowest BCUT2D eigenvalue weighted by molar-refractivity contribution is -0.161. The smallest absolute Gasteiger partial charge is 0.301 e. The number of hydrogen-bond donors (Lipinski definition) is 2. The van der Waals surface area contributed by atoms with Crippen molar-refractivity contribution in [2.45, 2.75) is 24.5 Å². The number of aliphatic hydroxyl groups is 1. The highest BCUT2D eigenvalue weighted by Gasteiger charge is 2.47. The van der Waals surface area contributed by atoms with Crippen LogP contribution in [0.1, 0.15) is 12.0 Å². The molecule has 3 aliphatic rings. The van der Waals surface area contributed by atoms with Gasteiger partial charge >= 0.3 is 5.92 Å². The number of nitrogens with zero attached hydrogens (tertiary/aromatic N) is 6. The SMILES string of the molecule is COc1cc(-c2nc3c(-c4ccc(O[C@H]5CCN(C(=O)CO)CC5(F)F)c(C#N)c4)nccc3[nH]2)ccc1N1CCN(C2COC2)CC1. The van der Waals surface area contributed by atoms with Gasteiger partial charge in [0.25, 0.3) is 0 Å². The molecular formula is C34H35F2N7O5. The number of alkyl halides is 2. The first kappa shape index (κ1) is 31.7. The molecule has 0 radical (unpaired) electrons. The fraction of sp³-hybridized carbons (Fsp3) is 0.412. The van der Waals surface area contributed by atoms with Gasteiger partial charge in [-0.15, -0.1) is 0 Å². The van der Waals surface area contributed by atoms with Crippen LogP contribution in [-0.2, 0) is 9.53 Å². The molecule has 2 aromatic carbocycles. The van der Waals surface area contributed by atoms with E-state index >= 15 is 0 Å². The van der Waals surface area contributed by atoms with Crippen LogP contribution >= 0.6 is 0 Å². The summed E-state index contributed by atoms with van der Waals surface area (Å²) in [5.41, 5.74) is 4.31. The van der Waals surface area contributed by atoms with E-state index in [1.54, 1.807) is 25.4 Å². The Kier molecular flexibility index (Phi) is 8.59. The van der Waals surface area contributed by atoms with Gasteiger partial charge in [-0.1, -0.05) is 0 Å². The van der Waals surface area contributed by atoms with Gasteiger partial charge in [0.1, 0.15) is 35.5 Å². The Balaban J connectivity index is 1.11. The van der Waals surface area contributed by atoms with Crippen LogP contribution in [0.2, 0.25) is 0 Å². The summed E-state index contributed by atoms with van der Waals surface area (Å²) in [6, 6.07) is 15.1. The lowest BCUT2D eigenvalue weighted by atomic mass is 10.0. The summed E-state index contributed by atoms with van der Waals surface area (Å²) >= 11 is 0. The fourth-order valence-electron chi connectivity index (χ4n) is 6.53. The number of piperidine rings is 1. The highest BCUT2D eigenvalue weighted by atomic mass is 19.3. The molecule has 0 saturated carbocycles. The number of likely N-dealkylation sites (tertiary alicyclic amines) is 1. The Morgan fingerprint density at radius 3 is 2.58 bits per heavy atom. The van der Waals surface area contributed by atoms with Gasteiger partial charge in [-0.2, -0.15) is 5.26 Å². The number of methoxy groups -OCH3 is 1. The van der Waals surface area contributed by atoms with Crippen LogP contribution in [0.3, 0.4) is 0 Å². The number of aromatic nitrogens is 3. The molecule has 1 atom stereocenters. The number of anilines is 1. The Morgan fingerprint density at radius 2 is 1.90 bits per heavy atom. The fourth-order valence-corrected chi connectivity index (χ4v) is 6.53. The summed E-state index contributed by atoms with van der Waals surface area (Å²) in [7, 11) is 1.66. The first-order valence-electron chi connectivity index (χ1n) is 15.9. The molecule has 250 valence electrons. The standard InChI is InChI=1S/C34H35F2N7O5/c1-46-28-15-22(2-4-26(28)42-12-10-41(11-13-42)24-18-47-19-24)33-39-25-6-8-38-31(32(25)40-33)21-3-5-27(23(14-21)16-37)48-29-7-9-43(30(45)17-44)20-34(29,35)36/h2-6,8,14-15,24,29,44H,7,9-13,17-20H2,1H3,(H,39,40)/t29-/m0/s1. The van der Waals surface area contributed by atoms with Gasteiger partial charge in [0, 0.05) is 56.5 Å². The maximum absolute atomic E-state index is 14.9. The van der Waals surface area contributed by atoms with Gasteiger partial charge in [0.05, 0.1) is 55.4 Å². The summed E-state index contributed by atoms with van der Waals surface area (Å²) in [5, 5.41) is 19.0. The van der Waals surface area contributed by atoms with Gasteiger partial charge in [-0.3, -0.25) is 14.7 Å². The molecule has 0 bridgehead atoms. The highest BCUT2D eigenvalue weighted by Crippen LogP contribution is 2.37. The van der Waals surface area contributed by atoms with Crippen molar-refractivity contribution in [2.24, 2.45) is 0 Å². The van der Waals surface area contributed by atoms with Gasteiger partial charge in [-0.25, -0.2) is 13.8 Å². The van der Waals surface area contributed by atoms with Crippen LogP contribution in [-0.4, -0.2) is 120 Å². The second kappa shape index (κ2) is 13.0. The molecule has 1 amide bonds. The number of imidazole rings is 1. The molecule has 0 aliphatic carbocycles. The number of fused-ring (bicyclic) bond motifs is 1. The van der Waals surface area contributed by atoms with E-state index in [9.17, 15) is 18.8 Å². The van der Waals surface area contributed by atoms with Crippen molar-refractivity contribution in [1.29, 1.82) is 5.26 Å². The topological polar surface area (TPSA) is 140 Å². The normalized spacial score (nSPS) is 19.9. The minimum atomic E-state index is -3.37. The first-order chi connectivity index (χ1) is 23.3. The van der Waals surface area contributed by atoms with Crippen molar-refractivity contribution < 1.29 is 32.9 Å². The molecule has 0 unspecified atom stereocenters. The van der Waals surface area contributed by atoms with E-state index in [4.69, 9.17) is 24.3 Å². The highest BCUT2D eigenvalue weighted by molar-refractivity contribution is 5.92. The first-order valence-corrected chi connectivity index (χ1v) is 15.9. The monoisotopic (exact) mass is 659 g/mol. The summed E-state index contributed by atoms with van der Waals surface area (Å²) in [6.07, 6.45) is -0.0537. The second-order valence-corrected chi connectivity index (χ2v) is 12.2. The van der Waals surface area contributed by atoms with Crippen LogP contribution in [0.4, 0.5) is 14.5 Å². The minimum Gasteiger partial charge on any atom is -0.495 e. The molecule has 12 nitrogen and oxygen atoms in total. The van der Waals surface area contributed by atoms with E-state index in [0.717, 1.165) is 66.8 Å². The van der Waals surface area contributed by atoms with E-state index < -0.39 is 31.1 Å². The number of carbonyl (C=O) groups excluding carboxylic acids is 1. The van der Waals surface area contributed by atoms with Gasteiger partial charge < -0.3 is 34.1 Å². The molecule has 0 spiro atoms. The molecule has 7 rings (SSSR count). The third-order valence-electron chi connectivity index (χ3n) is 9.31. The van der Waals surface area contributed by atoms with Crippen molar-refractivity contribution in [3.8, 4) is 40.2 Å². The number of hydrogen-bond acceptors (Lipinski definition) is 10. The Hall–Kier alpha value is -4.84. The van der Waals surface area contributed by atoms with Crippen molar-refractivity contribution in [2.75, 3.05) is 71.1 Å². The van der Waals surface area contributed by atoms with Gasteiger partial charge in [0.2, 0.25) is 5.91 Å². The maximum Gasteiger partial charge on any atom is 0.301 e. The Morgan fingerprint density at radius 1 is 1.10 bits per heavy atom. The number of rotatable bonds is 8. The number of aromatic amines is 1. The lowest BCUT2D eigenvalue weighted by Crippen LogP contribution is -2.56. The lowest BCUT2D eigenvalue weighted by Gasteiger charge is -2.43. The summed E-state index contributed by atoms with van der Waals surface area (Å²) in [4.78, 5) is 30.3. The number of benzene rings is 2. The van der Waals surface area contributed by atoms with E-state index in [2.05, 4.69) is 25.8 Å². The number of halogens is 2. The van der Waals surface area contributed by atoms with Crippen LogP contribution in [0.25, 0.3) is 33.7 Å². The van der Waals surface area contributed by atoms with E-state index in [0.29, 0.717) is 28.6 Å². The zero-order valence-corrected chi connectivity index (χ0v) is 26.4. The number of H-pyrrole nitrogens is 1. The molecule has 3 fully saturated rings. The van der Waals surface area contributed by atoms with Crippen molar-refractivity contribution in [3.05, 3.63) is 54.2 Å². The molecule has 2 aromatic heterocycles. The van der Waals surface area contributed by atoms with Crippen molar-refractivity contribution >= 4 is 22.6 Å². The number of pyridine rings is 1. The number of carbonyl (C=O) groups is 1. The van der Waals surface area contributed by atoms with Crippen LogP contribution in [0.5, 0.6) is 11.5 Å². The molecule has 14 heteroatoms. The predicted molar refractivity (Wildman–Crippen MR) is 172 cm³/mol. The van der Waals surface area contributed by atoms with Gasteiger partial charge in [-0.05, 0) is 42.5 Å². The van der Waals surface area contributed by atoms with Gasteiger partial charge in [0.15, 0.2) is 6.10 Å². The largest absolute Gasteiger partial charge is 0.495 e. The van der Waals surface area contributed by atoms with Crippen LogP contribution in [0.15, 0.2) is 48.7 Å². The molecule has 3 aliphatic heterocycles. The minimum absolute atomic E-state index is 0.00778. The summed E-state index contributed by atoms with van der Waals surface area (Å²) in [5.74, 6) is -2.76. The van der Waals surface area contributed by atoms with E-state index in [-0.39, 0.29) is 24.3 Å². The van der Waals surface area contributed by atoms with E-state index in [1.807, 2.05) is 24.3 Å². The third-order valence-corrected chi connectivity index (χ3v) is 9.31. The van der Waals surface area contributed by atoms with Crippen LogP contribution < -0.4 is 14.4 Å². The van der Waals surface area contributed by atoms with E-state index in [1.165, 1.54) is 6.07 Å². The third kappa shape index (κ3) is 6.00. The molecule has 4 aromatic rings. The molecule has 2 N–H and O–H groups in total. The van der Waals surface area contributed by atoms with Crippen LogP contribution in [0, 0.1) is 11.3 Å². The number of piperazine rings is 1. The number of ether oxygens (including phenoxy) is 3. The van der Waals surface area contributed by atoms with Crippen molar-refractivity contribution in [1.82, 2.24) is 24.8 Å². The zero-order chi connectivity index (χ0) is 33.4. The maximum atomic E-state index is 14.9. The average molecular weight is 660 g/mol. The molecule has 3 saturated heterocycles. The number of aliphatic hydroxyl groups excluding tert-OH is 1. The molecule has 48 heavy (non-hydrogen) atoms. The number of nitriles is 1. The Bertz CT molecular complexity index is 1870. The quantitative estimate of drug-likeness (QED) is 0.290. The van der Waals surface area contributed by atoms with Crippen molar-refractivity contribution in [3.63, 3.8) is 0 Å². The number of amides is 1.